The largest absolute Gasteiger partial charge is 0.367 e. The van der Waals surface area contributed by atoms with E-state index in [-0.39, 0.29) is 5.75 Å². The van der Waals surface area contributed by atoms with Crippen LogP contribution in [0.1, 0.15) is 6.42 Å². The van der Waals surface area contributed by atoms with Crippen molar-refractivity contribution in [3.8, 4) is 0 Å². The van der Waals surface area contributed by atoms with Crippen LogP contribution in [0.2, 0.25) is 0 Å². The summed E-state index contributed by atoms with van der Waals surface area (Å²) >= 11 is 3.29. The number of rotatable bonds is 5. The molecule has 0 aromatic carbocycles. The van der Waals surface area contributed by atoms with Gasteiger partial charge in [-0.2, -0.15) is 0 Å². The highest BCUT2D eigenvalue weighted by Crippen LogP contribution is 2.16. The van der Waals surface area contributed by atoms with Crippen LogP contribution in [0.5, 0.6) is 0 Å². The second kappa shape index (κ2) is 5.21. The van der Waals surface area contributed by atoms with Gasteiger partial charge in [0.25, 0.3) is 0 Å². The minimum absolute atomic E-state index is 0.0568. The van der Waals surface area contributed by atoms with Gasteiger partial charge in [-0.15, -0.1) is 0 Å². The van der Waals surface area contributed by atoms with Gasteiger partial charge in [0.05, 0.1) is 5.75 Å². The van der Waals surface area contributed by atoms with Gasteiger partial charge in [-0.1, -0.05) is 0 Å². The van der Waals surface area contributed by atoms with Gasteiger partial charge in [0.1, 0.15) is 4.60 Å². The first-order valence-corrected chi connectivity index (χ1v) is 7.70. The van der Waals surface area contributed by atoms with Gasteiger partial charge in [-0.25, -0.2) is 23.5 Å². The minimum Gasteiger partial charge on any atom is -0.367 e. The molecule has 7 nitrogen and oxygen atoms in total. The van der Waals surface area contributed by atoms with Gasteiger partial charge in [0.2, 0.25) is 10.0 Å². The van der Waals surface area contributed by atoms with E-state index in [4.69, 9.17) is 5.14 Å². The highest BCUT2D eigenvalue weighted by molar-refractivity contribution is 9.10. The number of imidazole rings is 1. The van der Waals surface area contributed by atoms with Crippen LogP contribution >= 0.6 is 15.9 Å². The van der Waals surface area contributed by atoms with E-state index in [2.05, 4.69) is 31.2 Å². The van der Waals surface area contributed by atoms with Crippen LogP contribution < -0.4 is 10.5 Å². The molecule has 0 radical (unpaired) electrons. The molecular weight excluding hydrogens is 322 g/mol. The highest BCUT2D eigenvalue weighted by Gasteiger charge is 2.07. The van der Waals surface area contributed by atoms with Crippen molar-refractivity contribution < 1.29 is 8.42 Å². The van der Waals surface area contributed by atoms with E-state index in [1.807, 2.05) is 4.40 Å². The third kappa shape index (κ3) is 3.40. The normalized spacial score (nSPS) is 11.9. The Labute approximate surface area is 113 Å². The number of hydrogen-bond donors (Lipinski definition) is 2. The monoisotopic (exact) mass is 333 g/mol. The third-order valence-corrected chi connectivity index (χ3v) is 3.48. The molecule has 0 bridgehead atoms. The van der Waals surface area contributed by atoms with Crippen molar-refractivity contribution in [2.75, 3.05) is 17.6 Å². The Balaban J connectivity index is 2.05. The average molecular weight is 334 g/mol. The van der Waals surface area contributed by atoms with Crippen molar-refractivity contribution in [2.24, 2.45) is 5.14 Å². The SMILES string of the molecule is NS(=O)(=O)CCCNc1nc(Br)cn2ccnc12. The highest BCUT2D eigenvalue weighted by atomic mass is 79.9. The number of halogens is 1. The molecule has 98 valence electrons. The zero-order valence-corrected chi connectivity index (χ0v) is 11.8. The van der Waals surface area contributed by atoms with Crippen molar-refractivity contribution in [3.63, 3.8) is 0 Å². The van der Waals surface area contributed by atoms with E-state index in [0.29, 0.717) is 29.0 Å². The smallest absolute Gasteiger partial charge is 0.209 e. The van der Waals surface area contributed by atoms with E-state index >= 15 is 0 Å². The summed E-state index contributed by atoms with van der Waals surface area (Å²) in [7, 11) is -3.41. The fourth-order valence-electron chi connectivity index (χ4n) is 1.50. The van der Waals surface area contributed by atoms with E-state index in [1.54, 1.807) is 18.6 Å². The van der Waals surface area contributed by atoms with Gasteiger partial charge in [0, 0.05) is 25.1 Å². The molecule has 0 fully saturated rings. The molecule has 3 N–H and O–H groups in total. The van der Waals surface area contributed by atoms with Crippen molar-refractivity contribution in [1.82, 2.24) is 14.4 Å². The Bertz CT molecular complexity index is 654. The van der Waals surface area contributed by atoms with Crippen LogP contribution in [0.4, 0.5) is 5.82 Å². The number of nitrogens with zero attached hydrogens (tertiary/aromatic N) is 3. The lowest BCUT2D eigenvalue weighted by Crippen LogP contribution is -2.19. The Hall–Kier alpha value is -1.19. The lowest BCUT2D eigenvalue weighted by Gasteiger charge is -2.07. The number of nitrogens with one attached hydrogen (secondary N) is 1. The molecule has 0 saturated heterocycles. The van der Waals surface area contributed by atoms with Crippen LogP contribution in [-0.4, -0.2) is 35.1 Å². The van der Waals surface area contributed by atoms with Crippen molar-refractivity contribution in [2.45, 2.75) is 6.42 Å². The first-order valence-electron chi connectivity index (χ1n) is 5.19. The lowest BCUT2D eigenvalue weighted by molar-refractivity contribution is 0.596. The van der Waals surface area contributed by atoms with Crippen molar-refractivity contribution >= 4 is 37.4 Å². The summed E-state index contributed by atoms with van der Waals surface area (Å²) in [4.78, 5) is 8.41. The topological polar surface area (TPSA) is 102 Å². The van der Waals surface area contributed by atoms with Crippen LogP contribution in [-0.2, 0) is 10.0 Å². The van der Waals surface area contributed by atoms with E-state index in [0.717, 1.165) is 0 Å². The maximum Gasteiger partial charge on any atom is 0.209 e. The van der Waals surface area contributed by atoms with Crippen LogP contribution in [0.15, 0.2) is 23.2 Å². The number of aromatic nitrogens is 3. The molecule has 2 aromatic heterocycles. The summed E-state index contributed by atoms with van der Waals surface area (Å²) in [5.41, 5.74) is 0.689. The molecule has 0 aliphatic heterocycles. The Morgan fingerprint density at radius 2 is 2.28 bits per heavy atom. The molecule has 2 rings (SSSR count). The number of nitrogens with two attached hydrogens (primary N) is 1. The molecule has 0 amide bonds. The Morgan fingerprint density at radius 3 is 3.00 bits per heavy atom. The summed E-state index contributed by atoms with van der Waals surface area (Å²) < 4.78 is 24.0. The number of primary sulfonamides is 1. The molecule has 0 saturated carbocycles. The Kier molecular flexibility index (Phi) is 3.83. The second-order valence-electron chi connectivity index (χ2n) is 3.72. The number of fused-ring (bicyclic) bond motifs is 1. The zero-order valence-electron chi connectivity index (χ0n) is 9.38. The summed E-state index contributed by atoms with van der Waals surface area (Å²) in [6.07, 6.45) is 5.67. The molecule has 0 atom stereocenters. The fourth-order valence-corrected chi connectivity index (χ4v) is 2.44. The molecule has 9 heteroatoms. The molecule has 18 heavy (non-hydrogen) atoms. The quantitative estimate of drug-likeness (QED) is 0.779. The fraction of sp³-hybridized carbons (Fsp3) is 0.333. The van der Waals surface area contributed by atoms with E-state index in [1.165, 1.54) is 0 Å². The second-order valence-corrected chi connectivity index (χ2v) is 6.26. The average Bonchev–Trinajstić information content (AvgIpc) is 2.70. The molecule has 0 spiro atoms. The van der Waals surface area contributed by atoms with E-state index in [9.17, 15) is 8.42 Å². The van der Waals surface area contributed by atoms with Gasteiger partial charge < -0.3 is 9.72 Å². The van der Waals surface area contributed by atoms with Gasteiger partial charge in [-0.05, 0) is 22.4 Å². The maximum absolute atomic E-state index is 10.8. The van der Waals surface area contributed by atoms with Crippen LogP contribution in [0.25, 0.3) is 5.65 Å². The zero-order chi connectivity index (χ0) is 13.2. The molecule has 2 heterocycles. The molecule has 0 aliphatic carbocycles. The van der Waals surface area contributed by atoms with Crippen LogP contribution in [0, 0.1) is 0 Å². The number of hydrogen-bond acceptors (Lipinski definition) is 5. The van der Waals surface area contributed by atoms with E-state index < -0.39 is 10.0 Å². The van der Waals surface area contributed by atoms with Gasteiger partial charge in [0.15, 0.2) is 11.5 Å². The molecule has 0 unspecified atom stereocenters. The van der Waals surface area contributed by atoms with Crippen molar-refractivity contribution in [3.05, 3.63) is 23.2 Å². The van der Waals surface area contributed by atoms with Crippen molar-refractivity contribution in [1.29, 1.82) is 0 Å². The first-order chi connectivity index (χ1) is 8.46. The minimum atomic E-state index is -3.41. The first kappa shape index (κ1) is 13.2. The lowest BCUT2D eigenvalue weighted by atomic mass is 10.4. The summed E-state index contributed by atoms with van der Waals surface area (Å²) in [5, 5.41) is 7.96. The van der Waals surface area contributed by atoms with Gasteiger partial charge in [-0.3, -0.25) is 0 Å². The predicted molar refractivity (Wildman–Crippen MR) is 71.8 cm³/mol. The summed E-state index contributed by atoms with van der Waals surface area (Å²) in [6.45, 7) is 0.461. The van der Waals surface area contributed by atoms with Crippen LogP contribution in [0.3, 0.4) is 0 Å². The molecular formula is C9H12BrN5O2S. The summed E-state index contributed by atoms with van der Waals surface area (Å²) in [5.74, 6) is 0.544. The number of sulfonamides is 1. The standard InChI is InChI=1S/C9H12BrN5O2S/c10-7-6-15-4-3-13-9(15)8(14-7)12-2-1-5-18(11,16)17/h3-4,6H,1-2,5H2,(H,12,14)(H2,11,16,17). The molecule has 0 aliphatic rings. The van der Waals surface area contributed by atoms with Gasteiger partial charge >= 0.3 is 0 Å². The summed E-state index contributed by atoms with van der Waals surface area (Å²) in [6, 6.07) is 0. The predicted octanol–water partition coefficient (Wildman–Crippen LogP) is 0.582. The third-order valence-electron chi connectivity index (χ3n) is 2.24. The molecule has 2 aromatic rings. The Morgan fingerprint density at radius 1 is 1.50 bits per heavy atom. The number of anilines is 1. The maximum atomic E-state index is 10.8.